The predicted molar refractivity (Wildman–Crippen MR) is 53.3 cm³/mol. The van der Waals surface area contributed by atoms with Gasteiger partial charge < -0.3 is 14.6 Å². The van der Waals surface area contributed by atoms with Gasteiger partial charge in [0, 0.05) is 13.7 Å². The van der Waals surface area contributed by atoms with Gasteiger partial charge in [-0.3, -0.25) is 0 Å². The third-order valence-corrected chi connectivity index (χ3v) is 1.99. The highest BCUT2D eigenvalue weighted by atomic mass is 16.6. The van der Waals surface area contributed by atoms with Crippen LogP contribution in [0, 0.1) is 5.92 Å². The molecule has 1 unspecified atom stereocenters. The molecule has 0 rings (SSSR count). The molecule has 0 fully saturated rings. The third-order valence-electron chi connectivity index (χ3n) is 1.99. The van der Waals surface area contributed by atoms with E-state index in [2.05, 4.69) is 13.8 Å². The van der Waals surface area contributed by atoms with Crippen molar-refractivity contribution < 1.29 is 19.4 Å². The number of hydrogen-bond acceptors (Lipinski definition) is 3. The minimum atomic E-state index is -1.22. The van der Waals surface area contributed by atoms with E-state index in [4.69, 9.17) is 14.6 Å². The summed E-state index contributed by atoms with van der Waals surface area (Å²) in [5.74, 6) is -0.473. The Labute approximate surface area is 85.2 Å². The fourth-order valence-electron chi connectivity index (χ4n) is 0.960. The van der Waals surface area contributed by atoms with Gasteiger partial charge in [0.2, 0.25) is 0 Å². The summed E-state index contributed by atoms with van der Waals surface area (Å²) in [6.45, 7) is 6.18. The molecule has 1 atom stereocenters. The number of rotatable bonds is 7. The molecule has 0 aromatic rings. The summed E-state index contributed by atoms with van der Waals surface area (Å²) >= 11 is 0. The minimum absolute atomic E-state index is 0.0699. The van der Waals surface area contributed by atoms with E-state index >= 15 is 0 Å². The molecule has 1 N–H and O–H groups in total. The lowest BCUT2D eigenvalue weighted by Gasteiger charge is -2.24. The quantitative estimate of drug-likeness (QED) is 0.683. The summed E-state index contributed by atoms with van der Waals surface area (Å²) < 4.78 is 10.1. The van der Waals surface area contributed by atoms with Gasteiger partial charge in [0.25, 0.3) is 0 Å². The van der Waals surface area contributed by atoms with Crippen LogP contribution in [0.4, 0.5) is 0 Å². The van der Waals surface area contributed by atoms with Gasteiger partial charge in [-0.25, -0.2) is 4.79 Å². The first-order chi connectivity index (χ1) is 6.42. The number of hydrogen-bond donors (Lipinski definition) is 1. The lowest BCUT2D eigenvalue weighted by molar-refractivity contribution is -0.170. The number of aliphatic carboxylic acids is 1. The van der Waals surface area contributed by atoms with E-state index in [1.165, 1.54) is 14.0 Å². The first-order valence-corrected chi connectivity index (χ1v) is 4.78. The predicted octanol–water partition coefficient (Wildman–Crippen LogP) is 1.54. The van der Waals surface area contributed by atoms with Crippen LogP contribution >= 0.6 is 0 Å². The normalized spacial score (nSPS) is 15.5. The summed E-state index contributed by atoms with van der Waals surface area (Å²) in [5, 5.41) is 8.92. The highest BCUT2D eigenvalue weighted by molar-refractivity contribution is 5.77. The number of ether oxygens (including phenoxy) is 2. The lowest BCUT2D eigenvalue weighted by Crippen LogP contribution is -2.43. The van der Waals surface area contributed by atoms with Crippen molar-refractivity contribution in [3.05, 3.63) is 0 Å². The van der Waals surface area contributed by atoms with Crippen LogP contribution < -0.4 is 0 Å². The Balaban J connectivity index is 4.03. The second kappa shape index (κ2) is 5.98. The molecule has 84 valence electrons. The number of carbonyl (C=O) groups is 1. The van der Waals surface area contributed by atoms with E-state index in [0.29, 0.717) is 12.5 Å². The van der Waals surface area contributed by atoms with Crippen LogP contribution in [-0.4, -0.2) is 37.0 Å². The molecule has 0 saturated carbocycles. The summed E-state index contributed by atoms with van der Waals surface area (Å²) in [4.78, 5) is 10.9. The molecule has 0 amide bonds. The van der Waals surface area contributed by atoms with E-state index in [9.17, 15) is 4.79 Å². The van der Waals surface area contributed by atoms with Crippen LogP contribution in [0.1, 0.15) is 27.2 Å². The van der Waals surface area contributed by atoms with Crippen LogP contribution in [0.2, 0.25) is 0 Å². The Morgan fingerprint density at radius 1 is 1.50 bits per heavy atom. The maximum atomic E-state index is 10.9. The van der Waals surface area contributed by atoms with E-state index < -0.39 is 11.6 Å². The molecule has 4 heteroatoms. The zero-order chi connectivity index (χ0) is 11.2. The van der Waals surface area contributed by atoms with Crippen LogP contribution in [0.15, 0.2) is 0 Å². The molecule has 0 aromatic carbocycles. The summed E-state index contributed by atoms with van der Waals surface area (Å²) in [5.41, 5.74) is -1.22. The molecule has 14 heavy (non-hydrogen) atoms. The Morgan fingerprint density at radius 3 is 2.43 bits per heavy atom. The van der Waals surface area contributed by atoms with Gasteiger partial charge in [-0.15, -0.1) is 0 Å². The molecule has 0 radical (unpaired) electrons. The van der Waals surface area contributed by atoms with Crippen molar-refractivity contribution in [3.63, 3.8) is 0 Å². The summed E-state index contributed by atoms with van der Waals surface area (Å²) in [6, 6.07) is 0. The number of carboxylic acids is 1. The van der Waals surface area contributed by atoms with E-state index in [-0.39, 0.29) is 6.61 Å². The monoisotopic (exact) mass is 204 g/mol. The second-order valence-corrected chi connectivity index (χ2v) is 4.00. The molecule has 0 aliphatic heterocycles. The molecule has 0 saturated heterocycles. The summed E-state index contributed by atoms with van der Waals surface area (Å²) in [6.07, 6.45) is 0.854. The lowest BCUT2D eigenvalue weighted by atomic mass is 10.1. The topological polar surface area (TPSA) is 55.8 Å². The first kappa shape index (κ1) is 13.4. The summed E-state index contributed by atoms with van der Waals surface area (Å²) in [7, 11) is 1.47. The van der Waals surface area contributed by atoms with Crippen LogP contribution in [0.5, 0.6) is 0 Å². The van der Waals surface area contributed by atoms with E-state index in [0.717, 1.165) is 6.42 Å². The van der Waals surface area contributed by atoms with Gasteiger partial charge >= 0.3 is 5.97 Å². The van der Waals surface area contributed by atoms with Crippen molar-refractivity contribution in [1.82, 2.24) is 0 Å². The average molecular weight is 204 g/mol. The van der Waals surface area contributed by atoms with Gasteiger partial charge in [0.05, 0.1) is 6.61 Å². The Bertz CT molecular complexity index is 179. The van der Waals surface area contributed by atoms with Crippen molar-refractivity contribution in [2.24, 2.45) is 5.92 Å². The average Bonchev–Trinajstić information content (AvgIpc) is 2.03. The fourth-order valence-corrected chi connectivity index (χ4v) is 0.960. The van der Waals surface area contributed by atoms with Crippen molar-refractivity contribution in [3.8, 4) is 0 Å². The van der Waals surface area contributed by atoms with E-state index in [1.807, 2.05) is 0 Å². The highest BCUT2D eigenvalue weighted by Crippen LogP contribution is 2.13. The molecule has 0 aliphatic rings. The van der Waals surface area contributed by atoms with Crippen molar-refractivity contribution in [2.45, 2.75) is 32.8 Å². The Hall–Kier alpha value is -0.610. The molecule has 0 aromatic heterocycles. The van der Waals surface area contributed by atoms with Gasteiger partial charge in [-0.05, 0) is 19.3 Å². The number of carboxylic acid groups (broad SMARTS) is 1. The SMILES string of the molecule is COCC(C)(OCCC(C)C)C(=O)O. The van der Waals surface area contributed by atoms with Gasteiger partial charge in [-0.1, -0.05) is 13.8 Å². The van der Waals surface area contributed by atoms with Crippen molar-refractivity contribution in [2.75, 3.05) is 20.3 Å². The molecule has 0 spiro atoms. The van der Waals surface area contributed by atoms with Gasteiger partial charge in [0.15, 0.2) is 5.60 Å². The molecule has 0 aliphatic carbocycles. The smallest absolute Gasteiger partial charge is 0.338 e. The van der Waals surface area contributed by atoms with E-state index in [1.54, 1.807) is 0 Å². The highest BCUT2D eigenvalue weighted by Gasteiger charge is 2.34. The van der Waals surface area contributed by atoms with Crippen LogP contribution in [-0.2, 0) is 14.3 Å². The van der Waals surface area contributed by atoms with Gasteiger partial charge in [-0.2, -0.15) is 0 Å². The maximum Gasteiger partial charge on any atom is 0.338 e. The number of methoxy groups -OCH3 is 1. The van der Waals surface area contributed by atoms with Crippen molar-refractivity contribution in [1.29, 1.82) is 0 Å². The first-order valence-electron chi connectivity index (χ1n) is 4.78. The van der Waals surface area contributed by atoms with Gasteiger partial charge in [0.1, 0.15) is 0 Å². The van der Waals surface area contributed by atoms with Crippen LogP contribution in [0.25, 0.3) is 0 Å². The maximum absolute atomic E-state index is 10.9. The molecule has 0 heterocycles. The largest absolute Gasteiger partial charge is 0.479 e. The fraction of sp³-hybridized carbons (Fsp3) is 0.900. The third kappa shape index (κ3) is 4.58. The second-order valence-electron chi connectivity index (χ2n) is 4.00. The van der Waals surface area contributed by atoms with Crippen molar-refractivity contribution >= 4 is 5.97 Å². The molecular weight excluding hydrogens is 184 g/mol. The zero-order valence-electron chi connectivity index (χ0n) is 9.37. The zero-order valence-corrected chi connectivity index (χ0v) is 9.37. The Kier molecular flexibility index (Phi) is 5.72. The standard InChI is InChI=1S/C10H20O4/c1-8(2)5-6-14-10(3,7-13-4)9(11)12/h8H,5-7H2,1-4H3,(H,11,12). The Morgan fingerprint density at radius 2 is 2.07 bits per heavy atom. The van der Waals surface area contributed by atoms with Crippen LogP contribution in [0.3, 0.4) is 0 Å². The molecule has 0 bridgehead atoms. The minimum Gasteiger partial charge on any atom is -0.479 e. The molecule has 4 nitrogen and oxygen atoms in total. The molecular formula is C10H20O4.